The Morgan fingerprint density at radius 1 is 1.73 bits per heavy atom. The normalized spacial score (nSPS) is 23.3. The van der Waals surface area contributed by atoms with E-state index >= 15 is 0 Å². The maximum absolute atomic E-state index is 6.04. The summed E-state index contributed by atoms with van der Waals surface area (Å²) in [5, 5.41) is 3.31. The van der Waals surface area contributed by atoms with Gasteiger partial charge >= 0.3 is 0 Å². The van der Waals surface area contributed by atoms with E-state index in [0.29, 0.717) is 0 Å². The molecule has 0 saturated carbocycles. The predicted octanol–water partition coefficient (Wildman–Crippen LogP) is 3.60. The minimum absolute atomic E-state index is 0.265. The van der Waals surface area contributed by atoms with Crippen molar-refractivity contribution in [2.75, 3.05) is 13.7 Å². The van der Waals surface area contributed by atoms with Crippen LogP contribution in [0.5, 0.6) is 0 Å². The standard InChI is InChI=1S/C10H13BrClNOS/c1-13-9(7-3-2-4-14-7)8-5-6(11)10(12)15-8/h5,7,9,13H,2-4H2,1H3. The van der Waals surface area contributed by atoms with Crippen LogP contribution in [0.3, 0.4) is 0 Å². The van der Waals surface area contributed by atoms with Crippen LogP contribution >= 0.6 is 38.9 Å². The molecule has 0 amide bonds. The Kier molecular flexibility index (Phi) is 4.07. The van der Waals surface area contributed by atoms with Gasteiger partial charge in [-0.15, -0.1) is 11.3 Å². The molecule has 84 valence electrons. The minimum Gasteiger partial charge on any atom is -0.376 e. The van der Waals surface area contributed by atoms with Gasteiger partial charge in [-0.25, -0.2) is 0 Å². The third-order valence-electron chi connectivity index (χ3n) is 2.62. The lowest BCUT2D eigenvalue weighted by molar-refractivity contribution is 0.0818. The van der Waals surface area contributed by atoms with Gasteiger partial charge in [0.15, 0.2) is 0 Å². The van der Waals surface area contributed by atoms with Crippen LogP contribution in [0.1, 0.15) is 23.8 Å². The Labute approximate surface area is 107 Å². The highest BCUT2D eigenvalue weighted by Crippen LogP contribution is 2.38. The summed E-state index contributed by atoms with van der Waals surface area (Å²) in [7, 11) is 1.97. The van der Waals surface area contributed by atoms with E-state index in [1.807, 2.05) is 7.05 Å². The summed E-state index contributed by atoms with van der Waals surface area (Å²) in [6.45, 7) is 0.878. The highest BCUT2D eigenvalue weighted by atomic mass is 79.9. The van der Waals surface area contributed by atoms with Crippen molar-refractivity contribution in [1.82, 2.24) is 5.32 Å². The van der Waals surface area contributed by atoms with Gasteiger partial charge in [-0.1, -0.05) is 11.6 Å². The topological polar surface area (TPSA) is 21.3 Å². The van der Waals surface area contributed by atoms with Crippen LogP contribution < -0.4 is 5.32 Å². The van der Waals surface area contributed by atoms with Crippen molar-refractivity contribution in [2.24, 2.45) is 0 Å². The molecular formula is C10H13BrClNOS. The van der Waals surface area contributed by atoms with Crippen LogP contribution in [0.15, 0.2) is 10.5 Å². The lowest BCUT2D eigenvalue weighted by Gasteiger charge is -2.20. The van der Waals surface area contributed by atoms with E-state index in [4.69, 9.17) is 16.3 Å². The van der Waals surface area contributed by atoms with Gasteiger partial charge in [0.25, 0.3) is 0 Å². The van der Waals surface area contributed by atoms with Crippen molar-refractivity contribution in [1.29, 1.82) is 0 Å². The van der Waals surface area contributed by atoms with Crippen molar-refractivity contribution >= 4 is 38.9 Å². The summed E-state index contributed by atoms with van der Waals surface area (Å²) in [6, 6.07) is 2.34. The highest BCUT2D eigenvalue weighted by Gasteiger charge is 2.27. The van der Waals surface area contributed by atoms with Gasteiger partial charge in [0.1, 0.15) is 4.34 Å². The summed E-state index contributed by atoms with van der Waals surface area (Å²) < 4.78 is 7.48. The maximum Gasteiger partial charge on any atom is 0.107 e. The first-order chi connectivity index (χ1) is 7.22. The number of nitrogens with one attached hydrogen (secondary N) is 1. The van der Waals surface area contributed by atoms with Crippen molar-refractivity contribution in [2.45, 2.75) is 25.0 Å². The second-order valence-corrected chi connectivity index (χ2v) is 6.13. The fourth-order valence-electron chi connectivity index (χ4n) is 1.89. The van der Waals surface area contributed by atoms with Crippen molar-refractivity contribution in [3.63, 3.8) is 0 Å². The van der Waals surface area contributed by atoms with E-state index < -0.39 is 0 Å². The number of likely N-dealkylation sites (N-methyl/N-ethyl adjacent to an activating group) is 1. The second-order valence-electron chi connectivity index (χ2n) is 3.59. The first-order valence-electron chi connectivity index (χ1n) is 4.96. The molecule has 0 spiro atoms. The Morgan fingerprint density at radius 3 is 3.00 bits per heavy atom. The molecule has 1 fully saturated rings. The predicted molar refractivity (Wildman–Crippen MR) is 67.8 cm³/mol. The first kappa shape index (κ1) is 11.9. The van der Waals surface area contributed by atoms with E-state index in [0.717, 1.165) is 28.3 Å². The van der Waals surface area contributed by atoms with Crippen LogP contribution in [0.25, 0.3) is 0 Å². The average Bonchev–Trinajstić information content (AvgIpc) is 2.80. The number of hydrogen-bond acceptors (Lipinski definition) is 3. The summed E-state index contributed by atoms with van der Waals surface area (Å²) in [4.78, 5) is 1.24. The largest absolute Gasteiger partial charge is 0.376 e. The van der Waals surface area contributed by atoms with Crippen molar-refractivity contribution in [3.05, 3.63) is 19.8 Å². The molecule has 1 aliphatic rings. The zero-order valence-corrected chi connectivity index (χ0v) is 11.6. The highest BCUT2D eigenvalue weighted by molar-refractivity contribution is 9.10. The van der Waals surface area contributed by atoms with Crippen molar-refractivity contribution in [3.8, 4) is 0 Å². The number of hydrogen-bond donors (Lipinski definition) is 1. The molecule has 0 radical (unpaired) electrons. The van der Waals surface area contributed by atoms with E-state index in [-0.39, 0.29) is 12.1 Å². The van der Waals surface area contributed by atoms with Gasteiger partial charge in [0.2, 0.25) is 0 Å². The molecule has 2 heterocycles. The molecule has 1 N–H and O–H groups in total. The van der Waals surface area contributed by atoms with Crippen LogP contribution in [-0.2, 0) is 4.74 Å². The van der Waals surface area contributed by atoms with Crippen LogP contribution in [0.2, 0.25) is 4.34 Å². The molecule has 0 aromatic carbocycles. The molecule has 5 heteroatoms. The van der Waals surface area contributed by atoms with Crippen LogP contribution in [0.4, 0.5) is 0 Å². The quantitative estimate of drug-likeness (QED) is 0.921. The van der Waals surface area contributed by atoms with E-state index in [1.54, 1.807) is 11.3 Å². The number of ether oxygens (including phenoxy) is 1. The lowest BCUT2D eigenvalue weighted by atomic mass is 10.1. The van der Waals surface area contributed by atoms with Crippen molar-refractivity contribution < 1.29 is 4.74 Å². The molecule has 2 unspecified atom stereocenters. The fraction of sp³-hybridized carbons (Fsp3) is 0.600. The maximum atomic E-state index is 6.04. The molecular weight excluding hydrogens is 298 g/mol. The second kappa shape index (κ2) is 5.15. The number of rotatable bonds is 3. The third kappa shape index (κ3) is 2.56. The third-order valence-corrected chi connectivity index (χ3v) is 5.18. The summed E-state index contributed by atoms with van der Waals surface area (Å²) >= 11 is 11.1. The Balaban J connectivity index is 2.18. The van der Waals surface area contributed by atoms with E-state index in [2.05, 4.69) is 27.3 Å². The van der Waals surface area contributed by atoms with Crippen LogP contribution in [0, 0.1) is 0 Å². The smallest absolute Gasteiger partial charge is 0.107 e. The summed E-state index contributed by atoms with van der Waals surface area (Å²) in [5.74, 6) is 0. The van der Waals surface area contributed by atoms with Gasteiger partial charge < -0.3 is 10.1 Å². The molecule has 2 atom stereocenters. The van der Waals surface area contributed by atoms with Gasteiger partial charge in [0, 0.05) is 16.0 Å². The Morgan fingerprint density at radius 2 is 2.53 bits per heavy atom. The number of halogens is 2. The molecule has 0 aliphatic carbocycles. The SMILES string of the molecule is CNC(c1cc(Br)c(Cl)s1)C1CCCO1. The average molecular weight is 311 g/mol. The molecule has 1 saturated heterocycles. The van der Waals surface area contributed by atoms with Gasteiger partial charge in [-0.05, 0) is 41.9 Å². The molecule has 2 rings (SSSR count). The molecule has 2 nitrogen and oxygen atoms in total. The van der Waals surface area contributed by atoms with E-state index in [9.17, 15) is 0 Å². The minimum atomic E-state index is 0.265. The Hall–Kier alpha value is 0.390. The fourth-order valence-corrected chi connectivity index (χ4v) is 3.79. The molecule has 1 aliphatic heterocycles. The van der Waals surface area contributed by atoms with Crippen LogP contribution in [-0.4, -0.2) is 19.8 Å². The van der Waals surface area contributed by atoms with E-state index in [1.165, 1.54) is 4.88 Å². The zero-order chi connectivity index (χ0) is 10.8. The van der Waals surface area contributed by atoms with Gasteiger partial charge in [-0.2, -0.15) is 0 Å². The first-order valence-corrected chi connectivity index (χ1v) is 6.94. The van der Waals surface area contributed by atoms with Gasteiger partial charge in [0.05, 0.1) is 12.1 Å². The zero-order valence-electron chi connectivity index (χ0n) is 8.43. The summed E-state index contributed by atoms with van der Waals surface area (Å²) in [6.07, 6.45) is 2.57. The molecule has 1 aromatic rings. The molecule has 1 aromatic heterocycles. The van der Waals surface area contributed by atoms with Gasteiger partial charge in [-0.3, -0.25) is 0 Å². The monoisotopic (exact) mass is 309 g/mol. The lowest BCUT2D eigenvalue weighted by Crippen LogP contribution is -2.28. The Bertz CT molecular complexity index is 319. The molecule has 15 heavy (non-hydrogen) atoms. The summed E-state index contributed by atoms with van der Waals surface area (Å²) in [5.41, 5.74) is 0. The number of thiophene rings is 1. The molecule has 0 bridgehead atoms.